The van der Waals surface area contributed by atoms with Crippen molar-refractivity contribution >= 4 is 11.6 Å². The molecule has 3 rings (SSSR count). The Morgan fingerprint density at radius 1 is 1.32 bits per heavy atom. The minimum absolute atomic E-state index is 0.0907. The van der Waals surface area contributed by atoms with Crippen molar-refractivity contribution in [2.45, 2.75) is 25.7 Å². The van der Waals surface area contributed by atoms with Crippen LogP contribution >= 0.6 is 0 Å². The summed E-state index contributed by atoms with van der Waals surface area (Å²) < 4.78 is 1.63. The molecule has 0 atom stereocenters. The number of benzene rings is 1. The molecule has 1 aliphatic rings. The number of nitrogens with one attached hydrogen (secondary N) is 1. The van der Waals surface area contributed by atoms with Gasteiger partial charge in [-0.15, -0.1) is 0 Å². The molecule has 1 amide bonds. The van der Waals surface area contributed by atoms with E-state index in [4.69, 9.17) is 0 Å². The standard InChI is InChI=1S/C15H17N3O/c1-18-10-12(9-16-18)15(19)17-14-8-4-6-11-5-2-3-7-13(11)14/h4,6,8-10H,2-3,5,7H2,1H3,(H,17,19). The van der Waals surface area contributed by atoms with Crippen LogP contribution in [0.1, 0.15) is 34.3 Å². The van der Waals surface area contributed by atoms with Crippen molar-refractivity contribution in [1.82, 2.24) is 9.78 Å². The van der Waals surface area contributed by atoms with Gasteiger partial charge in [-0.05, 0) is 42.9 Å². The summed E-state index contributed by atoms with van der Waals surface area (Å²) >= 11 is 0. The van der Waals surface area contributed by atoms with Crippen LogP contribution in [0.4, 0.5) is 5.69 Å². The van der Waals surface area contributed by atoms with Crippen molar-refractivity contribution < 1.29 is 4.79 Å². The zero-order valence-corrected chi connectivity index (χ0v) is 11.0. The van der Waals surface area contributed by atoms with E-state index >= 15 is 0 Å². The zero-order chi connectivity index (χ0) is 13.2. The van der Waals surface area contributed by atoms with Crippen LogP contribution in [0.5, 0.6) is 0 Å². The smallest absolute Gasteiger partial charge is 0.258 e. The Kier molecular flexibility index (Phi) is 3.07. The van der Waals surface area contributed by atoms with E-state index in [0.717, 1.165) is 18.5 Å². The maximum absolute atomic E-state index is 12.1. The number of fused-ring (bicyclic) bond motifs is 1. The molecule has 0 spiro atoms. The van der Waals surface area contributed by atoms with Crippen LogP contribution in [-0.4, -0.2) is 15.7 Å². The molecule has 0 fully saturated rings. The van der Waals surface area contributed by atoms with E-state index < -0.39 is 0 Å². The molecule has 4 heteroatoms. The first-order valence-corrected chi connectivity index (χ1v) is 6.65. The van der Waals surface area contributed by atoms with Crippen LogP contribution in [0.15, 0.2) is 30.6 Å². The van der Waals surface area contributed by atoms with Crippen LogP contribution in [0.2, 0.25) is 0 Å². The van der Waals surface area contributed by atoms with Gasteiger partial charge in [-0.3, -0.25) is 9.48 Å². The normalized spacial score (nSPS) is 13.9. The van der Waals surface area contributed by atoms with Crippen molar-refractivity contribution in [3.8, 4) is 0 Å². The summed E-state index contributed by atoms with van der Waals surface area (Å²) in [5, 5.41) is 7.03. The number of aromatic nitrogens is 2. The van der Waals surface area contributed by atoms with E-state index in [1.165, 1.54) is 24.0 Å². The molecule has 98 valence electrons. The summed E-state index contributed by atoms with van der Waals surface area (Å²) in [6.45, 7) is 0. The molecule has 0 aliphatic heterocycles. The highest BCUT2D eigenvalue weighted by Gasteiger charge is 2.15. The van der Waals surface area contributed by atoms with Crippen LogP contribution in [0.3, 0.4) is 0 Å². The van der Waals surface area contributed by atoms with Crippen LogP contribution in [0.25, 0.3) is 0 Å². The predicted molar refractivity (Wildman–Crippen MR) is 74.2 cm³/mol. The van der Waals surface area contributed by atoms with Gasteiger partial charge < -0.3 is 5.32 Å². The van der Waals surface area contributed by atoms with Gasteiger partial charge in [0, 0.05) is 18.9 Å². The SMILES string of the molecule is Cn1cc(C(=O)Nc2cccc3c2CCCC3)cn1. The summed E-state index contributed by atoms with van der Waals surface area (Å²) in [5.74, 6) is -0.0907. The van der Waals surface area contributed by atoms with E-state index in [1.807, 2.05) is 12.1 Å². The summed E-state index contributed by atoms with van der Waals surface area (Å²) in [4.78, 5) is 12.1. The topological polar surface area (TPSA) is 46.9 Å². The minimum Gasteiger partial charge on any atom is -0.322 e. The summed E-state index contributed by atoms with van der Waals surface area (Å²) in [6, 6.07) is 6.16. The number of rotatable bonds is 2. The maximum Gasteiger partial charge on any atom is 0.258 e. The number of amides is 1. The van der Waals surface area contributed by atoms with E-state index in [9.17, 15) is 4.79 Å². The lowest BCUT2D eigenvalue weighted by Crippen LogP contribution is -2.15. The molecule has 0 radical (unpaired) electrons. The first-order valence-electron chi connectivity index (χ1n) is 6.65. The molecule has 1 N–H and O–H groups in total. The molecule has 0 saturated heterocycles. The lowest BCUT2D eigenvalue weighted by Gasteiger charge is -2.19. The Morgan fingerprint density at radius 3 is 2.95 bits per heavy atom. The third-order valence-corrected chi connectivity index (χ3v) is 3.61. The second-order valence-electron chi connectivity index (χ2n) is 5.01. The van der Waals surface area contributed by atoms with E-state index in [1.54, 1.807) is 24.1 Å². The highest BCUT2D eigenvalue weighted by atomic mass is 16.1. The van der Waals surface area contributed by atoms with Gasteiger partial charge in [0.05, 0.1) is 11.8 Å². The van der Waals surface area contributed by atoms with E-state index in [0.29, 0.717) is 5.56 Å². The second-order valence-corrected chi connectivity index (χ2v) is 5.01. The van der Waals surface area contributed by atoms with Crippen molar-refractivity contribution in [1.29, 1.82) is 0 Å². The number of nitrogens with zero attached hydrogens (tertiary/aromatic N) is 2. The molecule has 4 nitrogen and oxygen atoms in total. The van der Waals surface area contributed by atoms with E-state index in [2.05, 4.69) is 16.5 Å². The summed E-state index contributed by atoms with van der Waals surface area (Å²) in [7, 11) is 1.81. The van der Waals surface area contributed by atoms with Gasteiger partial charge in [-0.1, -0.05) is 12.1 Å². The van der Waals surface area contributed by atoms with Crippen molar-refractivity contribution in [2.75, 3.05) is 5.32 Å². The number of carbonyl (C=O) groups excluding carboxylic acids is 1. The van der Waals surface area contributed by atoms with Crippen LogP contribution in [-0.2, 0) is 19.9 Å². The first kappa shape index (κ1) is 12.0. The molecular weight excluding hydrogens is 238 g/mol. The molecule has 0 saturated carbocycles. The third-order valence-electron chi connectivity index (χ3n) is 3.61. The Balaban J connectivity index is 1.85. The lowest BCUT2D eigenvalue weighted by atomic mass is 9.90. The molecule has 1 aromatic heterocycles. The van der Waals surface area contributed by atoms with Gasteiger partial charge in [0.15, 0.2) is 0 Å². The third kappa shape index (κ3) is 2.38. The average molecular weight is 255 g/mol. The first-order chi connectivity index (χ1) is 9.24. The van der Waals surface area contributed by atoms with E-state index in [-0.39, 0.29) is 5.91 Å². The van der Waals surface area contributed by atoms with Gasteiger partial charge in [0.2, 0.25) is 0 Å². The minimum atomic E-state index is -0.0907. The molecule has 1 aliphatic carbocycles. The zero-order valence-electron chi connectivity index (χ0n) is 11.0. The number of anilines is 1. The van der Waals surface area contributed by atoms with Crippen molar-refractivity contribution in [3.63, 3.8) is 0 Å². The average Bonchev–Trinajstić information content (AvgIpc) is 2.86. The van der Waals surface area contributed by atoms with Gasteiger partial charge in [0.1, 0.15) is 0 Å². The number of hydrogen-bond donors (Lipinski definition) is 1. The van der Waals surface area contributed by atoms with Gasteiger partial charge in [0.25, 0.3) is 5.91 Å². The fourth-order valence-electron chi connectivity index (χ4n) is 2.63. The summed E-state index contributed by atoms with van der Waals surface area (Å²) in [5.41, 5.74) is 4.21. The van der Waals surface area contributed by atoms with Crippen LogP contribution < -0.4 is 5.32 Å². The monoisotopic (exact) mass is 255 g/mol. The lowest BCUT2D eigenvalue weighted by molar-refractivity contribution is 0.102. The van der Waals surface area contributed by atoms with Gasteiger partial charge in [-0.2, -0.15) is 5.10 Å². The molecule has 0 bridgehead atoms. The quantitative estimate of drug-likeness (QED) is 0.896. The molecular formula is C15H17N3O. The van der Waals surface area contributed by atoms with Gasteiger partial charge >= 0.3 is 0 Å². The Hall–Kier alpha value is -2.10. The van der Waals surface area contributed by atoms with Crippen molar-refractivity contribution in [3.05, 3.63) is 47.3 Å². The molecule has 0 unspecified atom stereocenters. The fraction of sp³-hybridized carbons (Fsp3) is 0.333. The largest absolute Gasteiger partial charge is 0.322 e. The number of hydrogen-bond acceptors (Lipinski definition) is 2. The molecule has 1 heterocycles. The second kappa shape index (κ2) is 4.88. The Morgan fingerprint density at radius 2 is 2.16 bits per heavy atom. The summed E-state index contributed by atoms with van der Waals surface area (Å²) in [6.07, 6.45) is 7.93. The Bertz CT molecular complexity index is 616. The van der Waals surface area contributed by atoms with Crippen LogP contribution in [0, 0.1) is 0 Å². The van der Waals surface area contributed by atoms with Gasteiger partial charge in [-0.25, -0.2) is 0 Å². The van der Waals surface area contributed by atoms with Crippen molar-refractivity contribution in [2.24, 2.45) is 7.05 Å². The highest BCUT2D eigenvalue weighted by molar-refractivity contribution is 6.04. The number of aryl methyl sites for hydroxylation is 2. The predicted octanol–water partition coefficient (Wildman–Crippen LogP) is 2.55. The highest BCUT2D eigenvalue weighted by Crippen LogP contribution is 2.28. The number of carbonyl (C=O) groups is 1. The Labute approximate surface area is 112 Å². The molecule has 1 aromatic carbocycles. The fourth-order valence-corrected chi connectivity index (χ4v) is 2.63. The molecule has 19 heavy (non-hydrogen) atoms. The maximum atomic E-state index is 12.1. The molecule has 2 aromatic rings.